The highest BCUT2D eigenvalue weighted by Crippen LogP contribution is 2.28. The number of fused-ring (bicyclic) bond motifs is 1. The maximum Gasteiger partial charge on any atom is 0.305 e. The molecule has 0 unspecified atom stereocenters. The summed E-state index contributed by atoms with van der Waals surface area (Å²) in [6.45, 7) is 2.81. The van der Waals surface area contributed by atoms with Crippen LogP contribution in [0, 0.1) is 15.9 Å². The van der Waals surface area contributed by atoms with Crippen LogP contribution in [0.1, 0.15) is 0 Å². The van der Waals surface area contributed by atoms with E-state index in [2.05, 4.69) is 14.9 Å². The molecule has 1 fully saturated rings. The number of rotatable bonds is 3. The van der Waals surface area contributed by atoms with Gasteiger partial charge in [-0.05, 0) is 29.3 Å². The summed E-state index contributed by atoms with van der Waals surface area (Å²) in [5.74, 6) is -0.0861. The van der Waals surface area contributed by atoms with Gasteiger partial charge in [-0.1, -0.05) is 12.1 Å². The summed E-state index contributed by atoms with van der Waals surface area (Å²) in [6.07, 6.45) is 1.73. The fraction of sp³-hybridized carbons (Fsp3) is 0.222. The zero-order valence-corrected chi connectivity index (χ0v) is 13.8. The minimum absolute atomic E-state index is 0.546. The van der Waals surface area contributed by atoms with Crippen LogP contribution in [0.4, 0.5) is 15.9 Å². The lowest BCUT2D eigenvalue weighted by Crippen LogP contribution is -2.36. The molecular weight excluding hydrogens is 339 g/mol. The van der Waals surface area contributed by atoms with Gasteiger partial charge in [0.1, 0.15) is 5.82 Å². The number of halogens is 1. The van der Waals surface area contributed by atoms with Crippen LogP contribution in [0.2, 0.25) is 0 Å². The second kappa shape index (κ2) is 6.64. The number of ether oxygens (including phenoxy) is 1. The molecule has 0 N–H and O–H groups in total. The Morgan fingerprint density at radius 1 is 1.08 bits per heavy atom. The maximum absolute atomic E-state index is 13.6. The molecule has 1 aromatic heterocycles. The van der Waals surface area contributed by atoms with Crippen LogP contribution in [-0.2, 0) is 4.74 Å². The second-order valence-corrected chi connectivity index (χ2v) is 5.95. The van der Waals surface area contributed by atoms with E-state index in [1.807, 2.05) is 6.07 Å². The Morgan fingerprint density at radius 2 is 1.81 bits per heavy atom. The Bertz CT molecular complexity index is 989. The summed E-state index contributed by atoms with van der Waals surface area (Å²) in [4.78, 5) is 21.4. The Morgan fingerprint density at radius 3 is 2.58 bits per heavy atom. The third kappa shape index (κ3) is 3.06. The number of hydrogen-bond donors (Lipinski definition) is 0. The molecule has 0 saturated carbocycles. The lowest BCUT2D eigenvalue weighted by molar-refractivity contribution is -0.387. The number of nitro groups is 1. The molecule has 0 aliphatic carbocycles. The molecule has 0 bridgehead atoms. The quantitative estimate of drug-likeness (QED) is 0.531. The molecule has 2 aromatic carbocycles. The van der Waals surface area contributed by atoms with Crippen molar-refractivity contribution in [2.75, 3.05) is 31.2 Å². The SMILES string of the molecule is O=[N+]([O-])c1cc(-c2ccc3ncc(N4CCOCC4)nc3c2)ccc1F. The van der Waals surface area contributed by atoms with Crippen LogP contribution in [0.5, 0.6) is 0 Å². The molecule has 132 valence electrons. The first-order valence-electron chi connectivity index (χ1n) is 8.15. The van der Waals surface area contributed by atoms with E-state index in [0.717, 1.165) is 30.5 Å². The number of benzene rings is 2. The van der Waals surface area contributed by atoms with Crippen molar-refractivity contribution in [3.8, 4) is 11.1 Å². The van der Waals surface area contributed by atoms with Crippen molar-refractivity contribution in [3.05, 3.63) is 58.5 Å². The largest absolute Gasteiger partial charge is 0.378 e. The number of anilines is 1. The number of nitro benzene ring substituents is 1. The van der Waals surface area contributed by atoms with Gasteiger partial charge in [0.25, 0.3) is 0 Å². The van der Waals surface area contributed by atoms with E-state index >= 15 is 0 Å². The molecule has 26 heavy (non-hydrogen) atoms. The molecular formula is C18H15FN4O3. The zero-order valence-electron chi connectivity index (χ0n) is 13.8. The first-order chi connectivity index (χ1) is 12.6. The molecule has 2 heterocycles. The van der Waals surface area contributed by atoms with Gasteiger partial charge in [-0.15, -0.1) is 0 Å². The van der Waals surface area contributed by atoms with E-state index in [9.17, 15) is 14.5 Å². The molecule has 0 spiro atoms. The van der Waals surface area contributed by atoms with Crippen molar-refractivity contribution in [2.24, 2.45) is 0 Å². The van der Waals surface area contributed by atoms with Crippen molar-refractivity contribution in [1.82, 2.24) is 9.97 Å². The summed E-state index contributed by atoms with van der Waals surface area (Å²) in [5.41, 5.74) is 2.13. The van der Waals surface area contributed by atoms with Gasteiger partial charge in [0.15, 0.2) is 0 Å². The van der Waals surface area contributed by atoms with E-state index in [0.29, 0.717) is 29.9 Å². The monoisotopic (exact) mass is 354 g/mol. The van der Waals surface area contributed by atoms with Crippen LogP contribution in [0.25, 0.3) is 22.2 Å². The summed E-state index contributed by atoms with van der Waals surface area (Å²) in [5, 5.41) is 11.0. The van der Waals surface area contributed by atoms with Gasteiger partial charge >= 0.3 is 5.69 Å². The Kier molecular flexibility index (Phi) is 4.18. The molecule has 8 heteroatoms. The Balaban J connectivity index is 1.74. The van der Waals surface area contributed by atoms with Gasteiger partial charge in [0.2, 0.25) is 5.82 Å². The normalized spacial score (nSPS) is 14.6. The topological polar surface area (TPSA) is 81.4 Å². The highest BCUT2D eigenvalue weighted by atomic mass is 19.1. The van der Waals surface area contributed by atoms with E-state index in [1.54, 1.807) is 18.3 Å². The molecule has 3 aromatic rings. The maximum atomic E-state index is 13.6. The standard InChI is InChI=1S/C18H15FN4O3/c19-14-3-1-13(10-17(14)23(24)25)12-2-4-15-16(9-12)21-18(11-20-15)22-5-7-26-8-6-22/h1-4,9-11H,5-8H2. The molecule has 4 rings (SSSR count). The Hall–Kier alpha value is -3.13. The average Bonchev–Trinajstić information content (AvgIpc) is 2.68. The zero-order chi connectivity index (χ0) is 18.1. The fourth-order valence-corrected chi connectivity index (χ4v) is 2.96. The van der Waals surface area contributed by atoms with Crippen molar-refractivity contribution >= 4 is 22.5 Å². The van der Waals surface area contributed by atoms with Gasteiger partial charge in [0.05, 0.1) is 35.4 Å². The van der Waals surface area contributed by atoms with E-state index in [-0.39, 0.29) is 0 Å². The highest BCUT2D eigenvalue weighted by Gasteiger charge is 2.16. The predicted molar refractivity (Wildman–Crippen MR) is 94.6 cm³/mol. The molecule has 0 atom stereocenters. The third-order valence-corrected chi connectivity index (χ3v) is 4.34. The second-order valence-electron chi connectivity index (χ2n) is 5.95. The molecule has 1 aliphatic rings. The van der Waals surface area contributed by atoms with E-state index in [1.165, 1.54) is 12.1 Å². The third-order valence-electron chi connectivity index (χ3n) is 4.34. The summed E-state index contributed by atoms with van der Waals surface area (Å²) < 4.78 is 18.9. The first-order valence-corrected chi connectivity index (χ1v) is 8.15. The number of aromatic nitrogens is 2. The van der Waals surface area contributed by atoms with E-state index in [4.69, 9.17) is 4.74 Å². The molecule has 0 radical (unpaired) electrons. The molecule has 1 saturated heterocycles. The lowest BCUT2D eigenvalue weighted by atomic mass is 10.0. The van der Waals surface area contributed by atoms with Gasteiger partial charge in [-0.2, -0.15) is 4.39 Å². The van der Waals surface area contributed by atoms with Crippen LogP contribution < -0.4 is 4.90 Å². The van der Waals surface area contributed by atoms with Crippen LogP contribution in [0.3, 0.4) is 0 Å². The minimum atomic E-state index is -0.853. The number of hydrogen-bond acceptors (Lipinski definition) is 6. The van der Waals surface area contributed by atoms with Gasteiger partial charge < -0.3 is 9.64 Å². The van der Waals surface area contributed by atoms with Crippen LogP contribution in [0.15, 0.2) is 42.6 Å². The fourth-order valence-electron chi connectivity index (χ4n) is 2.96. The highest BCUT2D eigenvalue weighted by molar-refractivity contribution is 5.82. The molecule has 0 amide bonds. The Labute approximate surface area is 148 Å². The predicted octanol–water partition coefficient (Wildman–Crippen LogP) is 3.18. The van der Waals surface area contributed by atoms with Crippen molar-refractivity contribution in [1.29, 1.82) is 0 Å². The lowest BCUT2D eigenvalue weighted by Gasteiger charge is -2.27. The minimum Gasteiger partial charge on any atom is -0.378 e. The summed E-state index contributed by atoms with van der Waals surface area (Å²) in [7, 11) is 0. The van der Waals surface area contributed by atoms with E-state index < -0.39 is 16.4 Å². The van der Waals surface area contributed by atoms with Crippen molar-refractivity contribution in [2.45, 2.75) is 0 Å². The summed E-state index contributed by atoms with van der Waals surface area (Å²) >= 11 is 0. The molecule has 1 aliphatic heterocycles. The number of nitrogens with zero attached hydrogens (tertiary/aromatic N) is 4. The van der Waals surface area contributed by atoms with Crippen molar-refractivity contribution < 1.29 is 14.1 Å². The van der Waals surface area contributed by atoms with Crippen molar-refractivity contribution in [3.63, 3.8) is 0 Å². The van der Waals surface area contributed by atoms with Crippen LogP contribution in [-0.4, -0.2) is 41.2 Å². The van der Waals surface area contributed by atoms with Crippen LogP contribution >= 0.6 is 0 Å². The number of morpholine rings is 1. The van der Waals surface area contributed by atoms with Gasteiger partial charge in [0, 0.05) is 19.2 Å². The van der Waals surface area contributed by atoms with Gasteiger partial charge in [-0.25, -0.2) is 4.98 Å². The molecule has 7 nitrogen and oxygen atoms in total. The smallest absolute Gasteiger partial charge is 0.305 e. The van der Waals surface area contributed by atoms with Gasteiger partial charge in [-0.3, -0.25) is 15.1 Å². The summed E-state index contributed by atoms with van der Waals surface area (Å²) in [6, 6.07) is 9.26. The average molecular weight is 354 g/mol. The first kappa shape index (κ1) is 16.3.